The Morgan fingerprint density at radius 3 is 1.55 bits per heavy atom. The van der Waals surface area contributed by atoms with E-state index in [1.165, 1.54) is 42.5 Å². The third-order valence-electron chi connectivity index (χ3n) is 10.5. The number of carboxylic acids is 1. The summed E-state index contributed by atoms with van der Waals surface area (Å²) in [5.74, 6) is -0.549. The molecule has 5 rings (SSSR count). The van der Waals surface area contributed by atoms with E-state index in [0.29, 0.717) is 24.3 Å². The van der Waals surface area contributed by atoms with E-state index >= 15 is 4.79 Å². The Hall–Kier alpha value is -3.34. The molecule has 11 nitrogen and oxygen atoms in total. The van der Waals surface area contributed by atoms with Gasteiger partial charge in [-0.3, -0.25) is 9.59 Å². The predicted molar refractivity (Wildman–Crippen MR) is 236 cm³/mol. The smallest absolute Gasteiger partial charge is 0.341 e. The van der Waals surface area contributed by atoms with Crippen LogP contribution in [0.2, 0.25) is 0 Å². The van der Waals surface area contributed by atoms with Crippen molar-refractivity contribution < 1.29 is 52.9 Å². The summed E-state index contributed by atoms with van der Waals surface area (Å²) < 4.78 is 14.1. The number of fused-ring (bicyclic) bond motifs is 6. The Morgan fingerprint density at radius 1 is 0.655 bits per heavy atom. The van der Waals surface area contributed by atoms with Gasteiger partial charge in [0.15, 0.2) is 17.2 Å². The van der Waals surface area contributed by atoms with Crippen LogP contribution >= 0.6 is 43.2 Å². The summed E-state index contributed by atoms with van der Waals surface area (Å²) in [7, 11) is 19.5. The molecule has 0 amide bonds. The van der Waals surface area contributed by atoms with Crippen LogP contribution < -0.4 is 4.74 Å². The van der Waals surface area contributed by atoms with Crippen LogP contribution in [0.5, 0.6) is 23.0 Å². The van der Waals surface area contributed by atoms with Crippen molar-refractivity contribution in [3.8, 4) is 23.0 Å². The molecule has 1 spiro atoms. The van der Waals surface area contributed by atoms with Crippen LogP contribution in [0.3, 0.4) is 0 Å². The van der Waals surface area contributed by atoms with Crippen LogP contribution in [0, 0.1) is 10.8 Å². The topological polar surface area (TPSA) is 147 Å². The number of Topliss-reactive ketones (excluding diaryl/α,β-unsaturated/α-hetero) is 2. The third-order valence-corrected chi connectivity index (χ3v) is 15.2. The van der Waals surface area contributed by atoms with E-state index in [4.69, 9.17) is 9.47 Å². The number of benzene rings is 3. The minimum atomic E-state index is -1.85. The van der Waals surface area contributed by atoms with Crippen molar-refractivity contribution in [2.75, 3.05) is 78.4 Å². The molecule has 0 aliphatic carbocycles. The van der Waals surface area contributed by atoms with Gasteiger partial charge in [-0.25, -0.2) is 9.59 Å². The van der Waals surface area contributed by atoms with Crippen molar-refractivity contribution in [3.63, 3.8) is 0 Å². The average Bonchev–Trinajstić information content (AvgIpc) is 3.39. The zero-order valence-corrected chi connectivity index (χ0v) is 38.3. The Balaban J connectivity index is 1.66. The molecule has 0 aromatic heterocycles. The predicted octanol–water partition coefficient (Wildman–Crippen LogP) is 8.74. The molecule has 0 atom stereocenters. The van der Waals surface area contributed by atoms with E-state index < -0.39 is 45.5 Å². The van der Waals surface area contributed by atoms with E-state index in [1.807, 2.05) is 0 Å². The van der Waals surface area contributed by atoms with Crippen molar-refractivity contribution in [2.24, 2.45) is 10.8 Å². The molecule has 0 bridgehead atoms. The van der Waals surface area contributed by atoms with Crippen molar-refractivity contribution in [1.82, 2.24) is 0 Å². The van der Waals surface area contributed by atoms with Gasteiger partial charge in [0.05, 0.1) is 78.0 Å². The largest absolute Gasteiger partial charge is 0.508 e. The van der Waals surface area contributed by atoms with Crippen molar-refractivity contribution in [2.45, 2.75) is 46.1 Å². The number of ketones is 2. The molecule has 58 heavy (non-hydrogen) atoms. The van der Waals surface area contributed by atoms with Gasteiger partial charge >= 0.3 is 11.9 Å². The Morgan fingerprint density at radius 2 is 1.10 bits per heavy atom. The molecular weight excluding hydrogens is 817 g/mol. The van der Waals surface area contributed by atoms with Gasteiger partial charge in [-0.2, -0.15) is 0 Å². The Kier molecular flexibility index (Phi) is 13.7. The Labute approximate surface area is 357 Å². The van der Waals surface area contributed by atoms with Crippen molar-refractivity contribution in [3.05, 3.63) is 81.4 Å². The number of rotatable bonds is 19. The maximum Gasteiger partial charge on any atom is 0.341 e. The number of phenolic OH excluding ortho intramolecular Hbond substituents is 2. The van der Waals surface area contributed by atoms with E-state index in [0.717, 1.165) is 33.6 Å². The lowest BCUT2D eigenvalue weighted by molar-refractivity contribution is -0.867. The van der Waals surface area contributed by atoms with Crippen molar-refractivity contribution >= 4 is 66.7 Å². The fourth-order valence-electron chi connectivity index (χ4n) is 6.86. The fourth-order valence-corrected chi connectivity index (χ4v) is 12.1. The minimum absolute atomic E-state index is 0.0556. The Bertz CT molecular complexity index is 2050. The highest BCUT2D eigenvalue weighted by atomic mass is 33.1. The summed E-state index contributed by atoms with van der Waals surface area (Å²) in [6.07, 6.45) is 0.825. The first-order chi connectivity index (χ1) is 26.9. The van der Waals surface area contributed by atoms with Crippen molar-refractivity contribution in [1.29, 1.82) is 0 Å². The summed E-state index contributed by atoms with van der Waals surface area (Å²) in [5.41, 5.74) is -4.75. The normalized spacial score (nSPS) is 14.7. The number of hydrogen-bond acceptors (Lipinski definition) is 12. The first-order valence-corrected chi connectivity index (χ1v) is 24.1. The molecule has 0 saturated carbocycles. The molecule has 2 aliphatic heterocycles. The van der Waals surface area contributed by atoms with E-state index in [-0.39, 0.29) is 56.4 Å². The first-order valence-electron chi connectivity index (χ1n) is 19.1. The van der Waals surface area contributed by atoms with Crippen LogP contribution in [-0.4, -0.2) is 126 Å². The van der Waals surface area contributed by atoms with Gasteiger partial charge in [0, 0.05) is 62.3 Å². The molecule has 3 N–H and O–H groups in total. The molecule has 2 heterocycles. The van der Waals surface area contributed by atoms with Crippen LogP contribution in [0.4, 0.5) is 0 Å². The third kappa shape index (κ3) is 9.82. The lowest BCUT2D eigenvalue weighted by atomic mass is 9.70. The molecule has 0 unspecified atom stereocenters. The number of aromatic carboxylic acids is 1. The monoisotopic (exact) mass is 872 g/mol. The fraction of sp³-hybridized carbons (Fsp3) is 0.488. The number of nitrogens with zero attached hydrogens (tertiary/aromatic N) is 2. The second kappa shape index (κ2) is 17.3. The van der Waals surface area contributed by atoms with Gasteiger partial charge in [0.25, 0.3) is 0 Å². The van der Waals surface area contributed by atoms with E-state index in [9.17, 15) is 29.7 Å². The molecule has 2 aliphatic rings. The molecule has 3 aromatic rings. The molecule has 15 heteroatoms. The summed E-state index contributed by atoms with van der Waals surface area (Å²) >= 11 is 0. The molecule has 314 valence electrons. The number of carbonyl (C=O) groups excluding carboxylic acids is 3. The highest BCUT2D eigenvalue weighted by Gasteiger charge is 2.57. The number of carbonyl (C=O) groups is 4. The van der Waals surface area contributed by atoms with Crippen LogP contribution in [0.25, 0.3) is 0 Å². The highest BCUT2D eigenvalue weighted by Crippen LogP contribution is 2.58. The number of carboxylic acid groups (broad SMARTS) is 1. The average molecular weight is 873 g/mol. The summed E-state index contributed by atoms with van der Waals surface area (Å²) in [6.45, 7) is 9.03. The SMILES string of the molecule is CC(C)(CCSSCC[N+](C)(C)C)C(=O)c1cc2c(c(C(=O)O)c1C(=O)C(C)(C)CCSSCC[N+](C)(C)C)C(=O)OC21c2ccc(O)cc2Oc2cc(O)ccc21. The van der Waals surface area contributed by atoms with Gasteiger partial charge in [0.1, 0.15) is 23.0 Å². The van der Waals surface area contributed by atoms with Crippen LogP contribution in [0.15, 0.2) is 42.5 Å². The lowest BCUT2D eigenvalue weighted by Crippen LogP contribution is -2.36. The number of hydrogen-bond donors (Lipinski definition) is 3. The molecule has 0 saturated heterocycles. The summed E-state index contributed by atoms with van der Waals surface area (Å²) in [6, 6.07) is 9.95. The maximum atomic E-state index is 15.1. The molecular formula is C43H56N2O9S4+2. The zero-order chi connectivity index (χ0) is 43.0. The maximum absolute atomic E-state index is 15.1. The second-order valence-electron chi connectivity index (χ2n) is 18.2. The lowest BCUT2D eigenvalue weighted by Gasteiger charge is -2.37. The van der Waals surface area contributed by atoms with Gasteiger partial charge in [-0.15, -0.1) is 0 Å². The molecule has 0 radical (unpaired) electrons. The number of ether oxygens (including phenoxy) is 2. The molecule has 0 fully saturated rings. The summed E-state index contributed by atoms with van der Waals surface area (Å²) in [4.78, 5) is 58.0. The number of esters is 1. The number of aromatic hydroxyl groups is 2. The number of quaternary nitrogens is 2. The first kappa shape index (κ1) is 45.7. The van der Waals surface area contributed by atoms with Crippen LogP contribution in [-0.2, 0) is 10.3 Å². The van der Waals surface area contributed by atoms with Gasteiger partial charge < -0.3 is 33.8 Å². The molecule has 3 aromatic carbocycles. The minimum Gasteiger partial charge on any atom is -0.508 e. The van der Waals surface area contributed by atoms with E-state index in [2.05, 4.69) is 42.3 Å². The highest BCUT2D eigenvalue weighted by molar-refractivity contribution is 8.77. The van der Waals surface area contributed by atoms with Gasteiger partial charge in [-0.1, -0.05) is 70.9 Å². The van der Waals surface area contributed by atoms with Gasteiger partial charge in [-0.05, 0) is 43.2 Å². The quantitative estimate of drug-likeness (QED) is 0.0347. The van der Waals surface area contributed by atoms with Gasteiger partial charge in [0.2, 0.25) is 0 Å². The number of phenols is 2. The second-order valence-corrected chi connectivity index (χ2v) is 23.6. The summed E-state index contributed by atoms with van der Waals surface area (Å²) in [5, 5.41) is 32.0. The standard InChI is InChI=1S/C43H54N2O9S4/c1-41(2,15-19-55-57-21-17-44(5,6)7)37(48)28-25-31-35(36(39(50)51)34(28)38(49)42(3,4)16-20-56-58-22-18-45(8,9)10)40(52)54-43(31)29-13-11-26(46)23-32(29)53-33-24-27(47)12-14-30(33)43/h11-14,23-25H,15-22H2,1-10H3,(H-2,46,47,50,51)/p+2. The van der Waals surface area contributed by atoms with Crippen LogP contribution in [0.1, 0.15) is 98.7 Å². The zero-order valence-electron chi connectivity index (χ0n) is 35.0. The van der Waals surface area contributed by atoms with E-state index in [1.54, 1.807) is 70.9 Å².